The number of rotatable bonds is 11. The summed E-state index contributed by atoms with van der Waals surface area (Å²) in [6.45, 7) is 3.76. The van der Waals surface area contributed by atoms with Gasteiger partial charge in [0, 0.05) is 17.5 Å². The van der Waals surface area contributed by atoms with E-state index in [2.05, 4.69) is 0 Å². The zero-order chi connectivity index (χ0) is 22.4. The van der Waals surface area contributed by atoms with E-state index in [4.69, 9.17) is 0 Å². The number of aldehydes is 1. The van der Waals surface area contributed by atoms with Gasteiger partial charge in [0.25, 0.3) is 5.69 Å². The Bertz CT molecular complexity index is 1020. The molecule has 30 heavy (non-hydrogen) atoms. The van der Waals surface area contributed by atoms with E-state index >= 15 is 0 Å². The molecule has 0 amide bonds. The van der Waals surface area contributed by atoms with E-state index in [1.54, 1.807) is 13.0 Å². The van der Waals surface area contributed by atoms with E-state index in [1.165, 1.54) is 24.3 Å². The van der Waals surface area contributed by atoms with Crippen molar-refractivity contribution in [1.82, 2.24) is 0 Å². The highest BCUT2D eigenvalue weighted by Gasteiger charge is 2.35. The molecule has 0 aliphatic rings. The van der Waals surface area contributed by atoms with Crippen LogP contribution in [0, 0.1) is 21.3 Å². The zero-order valence-electron chi connectivity index (χ0n) is 17.1. The van der Waals surface area contributed by atoms with Gasteiger partial charge in [-0.3, -0.25) is 10.1 Å². The van der Waals surface area contributed by atoms with Crippen molar-refractivity contribution in [2.75, 3.05) is 5.75 Å². The monoisotopic (exact) mass is 435 g/mol. The first kappa shape index (κ1) is 23.7. The minimum Gasteiger partial charge on any atom is -0.303 e. The SMILES string of the molecule is CCCC[C@@](C=O)(CC)CS(=O)(=O)c1ccc(F)cc1Cc1cccc([N+](=O)[O-])c1. The summed E-state index contributed by atoms with van der Waals surface area (Å²) in [6, 6.07) is 9.21. The van der Waals surface area contributed by atoms with E-state index in [1.807, 2.05) is 6.92 Å². The maximum Gasteiger partial charge on any atom is 0.269 e. The smallest absolute Gasteiger partial charge is 0.269 e. The lowest BCUT2D eigenvalue weighted by Gasteiger charge is -2.26. The van der Waals surface area contributed by atoms with Gasteiger partial charge in [-0.25, -0.2) is 12.8 Å². The summed E-state index contributed by atoms with van der Waals surface area (Å²) < 4.78 is 40.4. The third-order valence-corrected chi connectivity index (χ3v) is 7.36. The Morgan fingerprint density at radius 1 is 1.17 bits per heavy atom. The van der Waals surface area contributed by atoms with Gasteiger partial charge in [-0.2, -0.15) is 0 Å². The molecule has 0 aliphatic heterocycles. The number of nitro groups is 1. The number of carbonyl (C=O) groups is 1. The fourth-order valence-electron chi connectivity index (χ4n) is 3.50. The lowest BCUT2D eigenvalue weighted by atomic mass is 9.84. The maximum atomic E-state index is 13.9. The van der Waals surface area contributed by atoms with Gasteiger partial charge in [0.2, 0.25) is 0 Å². The summed E-state index contributed by atoms with van der Waals surface area (Å²) in [6.07, 6.45) is 3.16. The quantitative estimate of drug-likeness (QED) is 0.217. The average Bonchev–Trinajstić information content (AvgIpc) is 2.71. The molecule has 0 aliphatic carbocycles. The molecule has 0 spiro atoms. The van der Waals surface area contributed by atoms with Gasteiger partial charge in [-0.1, -0.05) is 38.8 Å². The maximum absolute atomic E-state index is 13.9. The van der Waals surface area contributed by atoms with Crippen LogP contribution in [0.15, 0.2) is 47.4 Å². The molecule has 0 bridgehead atoms. The van der Waals surface area contributed by atoms with Crippen LogP contribution in [0.1, 0.15) is 50.7 Å². The van der Waals surface area contributed by atoms with E-state index in [-0.39, 0.29) is 28.3 Å². The van der Waals surface area contributed by atoms with E-state index in [0.29, 0.717) is 18.4 Å². The second kappa shape index (κ2) is 9.93. The van der Waals surface area contributed by atoms with Crippen LogP contribution in [0.25, 0.3) is 0 Å². The minimum absolute atomic E-state index is 0.0170. The number of benzene rings is 2. The lowest BCUT2D eigenvalue weighted by Crippen LogP contribution is -2.32. The standard InChI is InChI=1S/C22H26FNO5S/c1-3-5-11-22(4-2,15-25)16-30(28,29)21-10-9-19(23)14-18(21)12-17-7-6-8-20(13-17)24(26)27/h6-10,13-15H,3-5,11-12,16H2,1-2H3/t22-/m1/s1. The molecule has 0 heterocycles. The van der Waals surface area contributed by atoms with Crippen LogP contribution in [0.4, 0.5) is 10.1 Å². The van der Waals surface area contributed by atoms with Crippen LogP contribution in [0.5, 0.6) is 0 Å². The number of hydrogen-bond acceptors (Lipinski definition) is 5. The van der Waals surface area contributed by atoms with Crippen molar-refractivity contribution in [3.8, 4) is 0 Å². The number of hydrogen-bond donors (Lipinski definition) is 0. The minimum atomic E-state index is -3.90. The molecule has 0 saturated carbocycles. The van der Waals surface area contributed by atoms with E-state index in [9.17, 15) is 27.7 Å². The molecule has 6 nitrogen and oxygen atoms in total. The van der Waals surface area contributed by atoms with Crippen molar-refractivity contribution in [3.05, 3.63) is 69.5 Å². The van der Waals surface area contributed by atoms with Gasteiger partial charge in [0.05, 0.1) is 15.6 Å². The fourth-order valence-corrected chi connectivity index (χ4v) is 5.64. The highest BCUT2D eigenvalue weighted by Crippen LogP contribution is 2.32. The number of nitro benzene ring substituents is 1. The molecule has 8 heteroatoms. The Hall–Kier alpha value is -2.61. The molecule has 2 aromatic rings. The van der Waals surface area contributed by atoms with Crippen molar-refractivity contribution in [1.29, 1.82) is 0 Å². The lowest BCUT2D eigenvalue weighted by molar-refractivity contribution is -0.384. The van der Waals surface area contributed by atoms with Crippen molar-refractivity contribution in [3.63, 3.8) is 0 Å². The number of nitrogens with zero attached hydrogens (tertiary/aromatic N) is 1. The summed E-state index contributed by atoms with van der Waals surface area (Å²) in [5, 5.41) is 11.0. The molecular weight excluding hydrogens is 409 g/mol. The van der Waals surface area contributed by atoms with Crippen molar-refractivity contribution >= 4 is 21.8 Å². The summed E-state index contributed by atoms with van der Waals surface area (Å²) in [5.41, 5.74) is -0.415. The van der Waals surface area contributed by atoms with Gasteiger partial charge >= 0.3 is 0 Å². The van der Waals surface area contributed by atoms with Gasteiger partial charge in [0.1, 0.15) is 12.1 Å². The van der Waals surface area contributed by atoms with Crippen LogP contribution in [0.3, 0.4) is 0 Å². The van der Waals surface area contributed by atoms with E-state index in [0.717, 1.165) is 31.3 Å². The molecule has 2 aromatic carbocycles. The second-order valence-corrected chi connectivity index (χ2v) is 9.51. The summed E-state index contributed by atoms with van der Waals surface area (Å²) >= 11 is 0. The fraction of sp³-hybridized carbons (Fsp3) is 0.409. The first-order valence-corrected chi connectivity index (χ1v) is 11.5. The molecule has 0 unspecified atom stereocenters. The van der Waals surface area contributed by atoms with Crippen molar-refractivity contribution in [2.45, 2.75) is 50.8 Å². The van der Waals surface area contributed by atoms with Gasteiger partial charge in [-0.05, 0) is 48.6 Å². The third-order valence-electron chi connectivity index (χ3n) is 5.33. The molecule has 1 atom stereocenters. The molecular formula is C22H26FNO5S. The Morgan fingerprint density at radius 3 is 2.50 bits per heavy atom. The topological polar surface area (TPSA) is 94.3 Å². The highest BCUT2D eigenvalue weighted by molar-refractivity contribution is 7.91. The Balaban J connectivity index is 2.45. The normalized spacial score (nSPS) is 13.6. The van der Waals surface area contributed by atoms with Crippen LogP contribution < -0.4 is 0 Å². The Labute approximate surface area is 176 Å². The first-order chi connectivity index (χ1) is 14.2. The van der Waals surface area contributed by atoms with Gasteiger partial charge in [0.15, 0.2) is 9.84 Å². The molecule has 2 rings (SSSR count). The Morgan fingerprint density at radius 2 is 1.90 bits per heavy atom. The Kier molecular flexibility index (Phi) is 7.83. The third kappa shape index (κ3) is 5.72. The average molecular weight is 436 g/mol. The van der Waals surface area contributed by atoms with Gasteiger partial charge < -0.3 is 4.79 Å². The highest BCUT2D eigenvalue weighted by atomic mass is 32.2. The molecule has 0 N–H and O–H groups in total. The number of halogens is 1. The predicted octanol–water partition coefficient (Wildman–Crippen LogP) is 4.88. The zero-order valence-corrected chi connectivity index (χ0v) is 18.0. The summed E-state index contributed by atoms with van der Waals surface area (Å²) in [4.78, 5) is 22.2. The van der Waals surface area contributed by atoms with Crippen LogP contribution in [-0.4, -0.2) is 25.4 Å². The number of carbonyl (C=O) groups excluding carboxylic acids is 1. The number of unbranched alkanes of at least 4 members (excludes halogenated alkanes) is 1. The van der Waals surface area contributed by atoms with Crippen LogP contribution in [0.2, 0.25) is 0 Å². The second-order valence-electron chi connectivity index (χ2n) is 7.55. The predicted molar refractivity (Wildman–Crippen MR) is 113 cm³/mol. The molecule has 162 valence electrons. The van der Waals surface area contributed by atoms with E-state index < -0.39 is 26.0 Å². The molecule has 0 radical (unpaired) electrons. The first-order valence-electron chi connectivity index (χ1n) is 9.87. The number of non-ortho nitro benzene ring substituents is 1. The largest absolute Gasteiger partial charge is 0.303 e. The molecule has 0 fully saturated rings. The van der Waals surface area contributed by atoms with Crippen LogP contribution >= 0.6 is 0 Å². The van der Waals surface area contributed by atoms with Crippen LogP contribution in [-0.2, 0) is 21.1 Å². The number of sulfone groups is 1. The molecule has 0 saturated heterocycles. The van der Waals surface area contributed by atoms with Crippen molar-refractivity contribution in [2.24, 2.45) is 5.41 Å². The summed E-state index contributed by atoms with van der Waals surface area (Å²) in [5.74, 6) is -0.953. The molecule has 0 aromatic heterocycles. The van der Waals surface area contributed by atoms with Gasteiger partial charge in [-0.15, -0.1) is 0 Å². The van der Waals surface area contributed by atoms with Crippen molar-refractivity contribution < 1.29 is 22.5 Å². The summed E-state index contributed by atoms with van der Waals surface area (Å²) in [7, 11) is -3.90.